The Morgan fingerprint density at radius 1 is 1.36 bits per heavy atom. The van der Waals surface area contributed by atoms with E-state index in [1.807, 2.05) is 0 Å². The lowest BCUT2D eigenvalue weighted by atomic mass is 9.98. The molecular weight excluding hydrogens is 414 g/mol. The molecule has 154 valence electrons. The van der Waals surface area contributed by atoms with Crippen LogP contribution in [0, 0.1) is 16.0 Å². The van der Waals surface area contributed by atoms with Gasteiger partial charge in [-0.2, -0.15) is 0 Å². The highest BCUT2D eigenvalue weighted by Gasteiger charge is 2.31. The number of carbonyl (C=O) groups excluding carboxylic acids is 2. The summed E-state index contributed by atoms with van der Waals surface area (Å²) in [6.45, 7) is 1.79. The van der Waals surface area contributed by atoms with Gasteiger partial charge in [-0.25, -0.2) is 12.7 Å². The number of esters is 1. The first kappa shape index (κ1) is 22.1. The lowest BCUT2D eigenvalue weighted by molar-refractivity contribution is -0.384. The Morgan fingerprint density at radius 3 is 2.50 bits per heavy atom. The smallest absolute Gasteiger partial charge is 0.309 e. The number of piperidine rings is 1. The molecule has 1 aromatic rings. The molecule has 10 nitrogen and oxygen atoms in total. The van der Waals surface area contributed by atoms with Gasteiger partial charge in [-0.1, -0.05) is 11.6 Å². The van der Waals surface area contributed by atoms with Gasteiger partial charge in [-0.15, -0.1) is 0 Å². The molecular formula is C16H20ClN3O7S. The topological polar surface area (TPSA) is 136 Å². The van der Waals surface area contributed by atoms with Crippen molar-refractivity contribution < 1.29 is 27.7 Å². The molecule has 1 saturated heterocycles. The summed E-state index contributed by atoms with van der Waals surface area (Å²) in [4.78, 5) is 34.7. The molecule has 0 spiro atoms. The van der Waals surface area contributed by atoms with Crippen LogP contribution >= 0.6 is 11.6 Å². The maximum atomic E-state index is 12.2. The van der Waals surface area contributed by atoms with Gasteiger partial charge in [0.15, 0.2) is 6.10 Å². The summed E-state index contributed by atoms with van der Waals surface area (Å²) in [5.74, 6) is -1.79. The van der Waals surface area contributed by atoms with Crippen LogP contribution in [0.15, 0.2) is 18.2 Å². The number of anilines is 1. The molecule has 0 radical (unpaired) electrons. The number of hydrogen-bond donors (Lipinski definition) is 1. The molecule has 1 aliphatic heterocycles. The van der Waals surface area contributed by atoms with Crippen molar-refractivity contribution in [1.82, 2.24) is 4.31 Å². The van der Waals surface area contributed by atoms with E-state index in [2.05, 4.69) is 5.32 Å². The SMILES string of the molecule is CC(OC(=O)C1CCN(S(C)(=O)=O)CC1)C(=O)Nc1cc([N+](=O)[O-])ccc1Cl. The van der Waals surface area contributed by atoms with E-state index in [9.17, 15) is 28.1 Å². The van der Waals surface area contributed by atoms with Crippen molar-refractivity contribution in [2.45, 2.75) is 25.9 Å². The molecule has 1 atom stereocenters. The molecule has 1 N–H and O–H groups in total. The maximum absolute atomic E-state index is 12.2. The van der Waals surface area contributed by atoms with Crippen molar-refractivity contribution in [1.29, 1.82) is 0 Å². The average molecular weight is 434 g/mol. The predicted molar refractivity (Wildman–Crippen MR) is 101 cm³/mol. The largest absolute Gasteiger partial charge is 0.452 e. The number of ether oxygens (including phenoxy) is 1. The summed E-state index contributed by atoms with van der Waals surface area (Å²) in [6.07, 6.45) is 0.557. The van der Waals surface area contributed by atoms with Crippen LogP contribution in [0.4, 0.5) is 11.4 Å². The van der Waals surface area contributed by atoms with Gasteiger partial charge in [0.05, 0.1) is 27.8 Å². The average Bonchev–Trinajstić information content (AvgIpc) is 2.62. The normalized spacial score (nSPS) is 17.0. The number of non-ortho nitro benzene ring substituents is 1. The number of rotatable bonds is 6. The molecule has 1 heterocycles. The standard InChI is InChI=1S/C16H20ClN3O7S/c1-10(15(21)18-14-9-12(20(23)24)3-4-13(14)17)27-16(22)11-5-7-19(8-6-11)28(2,25)26/h3-4,9-11H,5-8H2,1-2H3,(H,18,21). The lowest BCUT2D eigenvalue weighted by Crippen LogP contribution is -2.41. The molecule has 1 aromatic carbocycles. The lowest BCUT2D eigenvalue weighted by Gasteiger charge is -2.29. The number of halogens is 1. The molecule has 2 rings (SSSR count). The summed E-state index contributed by atoms with van der Waals surface area (Å²) in [5, 5.41) is 13.3. The van der Waals surface area contributed by atoms with Crippen LogP contribution in [0.1, 0.15) is 19.8 Å². The number of amides is 1. The fourth-order valence-corrected chi connectivity index (χ4v) is 3.74. The third-order valence-corrected chi connectivity index (χ3v) is 5.97. The Bertz CT molecular complexity index is 882. The highest BCUT2D eigenvalue weighted by molar-refractivity contribution is 7.88. The molecule has 28 heavy (non-hydrogen) atoms. The van der Waals surface area contributed by atoms with Crippen molar-refractivity contribution in [2.75, 3.05) is 24.7 Å². The number of hydrogen-bond acceptors (Lipinski definition) is 7. The Kier molecular flexibility index (Phi) is 6.96. The molecule has 1 aliphatic rings. The van der Waals surface area contributed by atoms with E-state index >= 15 is 0 Å². The first-order chi connectivity index (χ1) is 13.0. The maximum Gasteiger partial charge on any atom is 0.309 e. The number of nitro groups is 1. The third-order valence-electron chi connectivity index (χ3n) is 4.34. The van der Waals surface area contributed by atoms with Crippen molar-refractivity contribution in [3.05, 3.63) is 33.3 Å². The Hall–Kier alpha value is -2.24. The van der Waals surface area contributed by atoms with Crippen LogP contribution in [0.25, 0.3) is 0 Å². The van der Waals surface area contributed by atoms with Crippen LogP contribution in [0.2, 0.25) is 5.02 Å². The van der Waals surface area contributed by atoms with Crippen LogP contribution in [0.5, 0.6) is 0 Å². The third kappa shape index (κ3) is 5.63. The summed E-state index contributed by atoms with van der Waals surface area (Å²) in [5.41, 5.74) is -0.216. The van der Waals surface area contributed by atoms with Crippen molar-refractivity contribution in [3.63, 3.8) is 0 Å². The number of nitro benzene ring substituents is 1. The number of nitrogens with one attached hydrogen (secondary N) is 1. The second kappa shape index (κ2) is 8.84. The molecule has 12 heteroatoms. The van der Waals surface area contributed by atoms with Gasteiger partial charge in [0.2, 0.25) is 10.0 Å². The van der Waals surface area contributed by atoms with Gasteiger partial charge < -0.3 is 10.1 Å². The van der Waals surface area contributed by atoms with Crippen LogP contribution in [-0.4, -0.2) is 55.0 Å². The van der Waals surface area contributed by atoms with Crippen molar-refractivity contribution in [3.8, 4) is 0 Å². The Balaban J connectivity index is 1.93. The predicted octanol–water partition coefficient (Wildman–Crippen LogP) is 1.79. The second-order valence-corrected chi connectivity index (χ2v) is 8.82. The van der Waals surface area contributed by atoms with Crippen molar-refractivity contribution >= 4 is 44.9 Å². The molecule has 0 saturated carbocycles. The van der Waals surface area contributed by atoms with E-state index in [-0.39, 0.29) is 29.5 Å². The minimum atomic E-state index is -3.30. The van der Waals surface area contributed by atoms with Crippen molar-refractivity contribution in [2.24, 2.45) is 5.92 Å². The van der Waals surface area contributed by atoms with E-state index in [0.717, 1.165) is 12.3 Å². The highest BCUT2D eigenvalue weighted by Crippen LogP contribution is 2.27. The fourth-order valence-electron chi connectivity index (χ4n) is 2.70. The number of benzene rings is 1. The van der Waals surface area contributed by atoms with E-state index in [1.165, 1.54) is 23.4 Å². The molecule has 1 amide bonds. The monoisotopic (exact) mass is 433 g/mol. The van der Waals surface area contributed by atoms with E-state index < -0.39 is 38.8 Å². The Labute approximate surface area is 167 Å². The molecule has 0 aromatic heterocycles. The molecule has 1 fully saturated rings. The second-order valence-electron chi connectivity index (χ2n) is 6.43. The molecule has 1 unspecified atom stereocenters. The fraction of sp³-hybridized carbons (Fsp3) is 0.500. The van der Waals surface area contributed by atoms with Gasteiger partial charge >= 0.3 is 5.97 Å². The molecule has 0 aliphatic carbocycles. The van der Waals surface area contributed by atoms with Gasteiger partial charge in [0.25, 0.3) is 11.6 Å². The van der Waals surface area contributed by atoms with E-state index in [1.54, 1.807) is 0 Å². The minimum absolute atomic E-state index is 0.0326. The summed E-state index contributed by atoms with van der Waals surface area (Å²) < 4.78 is 29.5. The zero-order valence-electron chi connectivity index (χ0n) is 15.3. The number of sulfonamides is 1. The number of nitrogens with zero attached hydrogens (tertiary/aromatic N) is 2. The summed E-state index contributed by atoms with van der Waals surface area (Å²) in [6, 6.07) is 3.58. The van der Waals surface area contributed by atoms with Gasteiger partial charge in [0, 0.05) is 25.2 Å². The van der Waals surface area contributed by atoms with Crippen LogP contribution in [0.3, 0.4) is 0 Å². The van der Waals surface area contributed by atoms with E-state index in [0.29, 0.717) is 12.8 Å². The van der Waals surface area contributed by atoms with Gasteiger partial charge in [-0.3, -0.25) is 19.7 Å². The first-order valence-electron chi connectivity index (χ1n) is 8.39. The van der Waals surface area contributed by atoms with Gasteiger partial charge in [-0.05, 0) is 25.8 Å². The molecule has 0 bridgehead atoms. The van der Waals surface area contributed by atoms with Crippen LogP contribution in [-0.2, 0) is 24.3 Å². The van der Waals surface area contributed by atoms with Gasteiger partial charge in [0.1, 0.15) is 0 Å². The zero-order valence-corrected chi connectivity index (χ0v) is 16.8. The first-order valence-corrected chi connectivity index (χ1v) is 10.6. The highest BCUT2D eigenvalue weighted by atomic mass is 35.5. The summed E-state index contributed by atoms with van der Waals surface area (Å²) in [7, 11) is -3.30. The minimum Gasteiger partial charge on any atom is -0.452 e. The Morgan fingerprint density at radius 2 is 1.96 bits per heavy atom. The summed E-state index contributed by atoms with van der Waals surface area (Å²) >= 11 is 5.93. The zero-order chi connectivity index (χ0) is 21.1. The van der Waals surface area contributed by atoms with E-state index in [4.69, 9.17) is 16.3 Å². The quantitative estimate of drug-likeness (QED) is 0.410. The number of carbonyl (C=O) groups is 2. The van der Waals surface area contributed by atoms with Crippen LogP contribution < -0.4 is 5.32 Å².